The molecule has 1 rings (SSSR count). The minimum absolute atomic E-state index is 0.0861. The molecule has 2 atom stereocenters. The largest absolute Gasteiger partial charge is 0.778 e. The molecule has 11 nitrogen and oxygen atoms in total. The van der Waals surface area contributed by atoms with Crippen molar-refractivity contribution in [3.8, 4) is 0 Å². The van der Waals surface area contributed by atoms with E-state index in [0.717, 1.165) is 26.4 Å². The molecule has 0 saturated carbocycles. The maximum absolute atomic E-state index is 11.4. The van der Waals surface area contributed by atoms with E-state index in [9.17, 15) is 28.8 Å². The average molecular weight is 1060 g/mol. The van der Waals surface area contributed by atoms with Crippen LogP contribution in [-0.4, -0.2) is 112 Å². The van der Waals surface area contributed by atoms with Crippen LogP contribution in [0, 0.1) is 0 Å². The Kier molecular flexibility index (Phi) is 49.1. The molecule has 0 bridgehead atoms. The number of unbranched alkanes of at least 4 members (excludes halogenated alkanes) is 12. The lowest BCUT2D eigenvalue weighted by Crippen LogP contribution is -2.50. The maximum Gasteiger partial charge on any atom is 0.139 e. The average Bonchev–Trinajstić information content (AvgIpc) is 3.37. The number of hydrogen-bond acceptors (Lipinski definition) is 8. The number of carboxylic acids is 1. The Hall–Kier alpha value is -1.13. The monoisotopic (exact) mass is 1060 g/mol. The third kappa shape index (κ3) is 38.4. The van der Waals surface area contributed by atoms with E-state index in [1.54, 1.807) is 0 Å². The molecule has 72 heavy (non-hydrogen) atoms. The molecular weight excluding hydrogens is 941 g/mol. The molecule has 2 unspecified atom stereocenters. The molecule has 0 aromatic heterocycles. The first-order valence-electron chi connectivity index (χ1n) is 29.9. The normalized spacial score (nSPS) is 13.4. The van der Waals surface area contributed by atoms with Gasteiger partial charge in [-0.05, 0) is 106 Å². The molecule has 0 aliphatic rings. The first-order valence-corrected chi connectivity index (χ1v) is 33.4. The molecule has 0 spiro atoms. The Balaban J connectivity index is -0.000000886. The number of rotatable bonds is 43. The summed E-state index contributed by atoms with van der Waals surface area (Å²) in [4.78, 5) is 33.7. The summed E-state index contributed by atoms with van der Waals surface area (Å²) in [6, 6.07) is 3.44. The van der Waals surface area contributed by atoms with Gasteiger partial charge in [0.1, 0.15) is 15.2 Å². The second-order valence-electron chi connectivity index (χ2n) is 21.2. The lowest BCUT2D eigenvalue weighted by Gasteiger charge is -2.39. The number of benzene rings is 1. The van der Waals surface area contributed by atoms with Crippen LogP contribution in [0.5, 0.6) is 0 Å². The van der Waals surface area contributed by atoms with E-state index >= 15 is 0 Å². The Morgan fingerprint density at radius 1 is 0.375 bits per heavy atom. The SMILES string of the molecule is CCCC[N+](CCCC)(CCCC)CCCC.CCCC[N+](CCCC)(CCCC)CCCC.CCCC[N+](CCCC)(CCCC)CCCC.COP(=O)([O-])Cc1cc(CP(=O)([O-])OC)cc(C(=O)[O-])c1. The van der Waals surface area contributed by atoms with Crippen LogP contribution in [0.25, 0.3) is 0 Å². The van der Waals surface area contributed by atoms with E-state index in [1.807, 2.05) is 0 Å². The predicted octanol–water partition coefficient (Wildman–Crippen LogP) is 14.5. The van der Waals surface area contributed by atoms with Crippen LogP contribution in [0.15, 0.2) is 18.2 Å². The highest BCUT2D eigenvalue weighted by Gasteiger charge is 2.27. The number of carbonyl (C=O) groups is 1. The zero-order valence-electron chi connectivity index (χ0n) is 50.1. The fourth-order valence-electron chi connectivity index (χ4n) is 9.57. The second-order valence-corrected chi connectivity index (χ2v) is 25.0. The molecule has 1 aromatic rings. The number of hydrogen-bond donors (Lipinski definition) is 0. The van der Waals surface area contributed by atoms with Crippen LogP contribution < -0.4 is 14.9 Å². The minimum atomic E-state index is -4.17. The van der Waals surface area contributed by atoms with E-state index < -0.39 is 33.5 Å². The predicted molar refractivity (Wildman–Crippen MR) is 305 cm³/mol. The van der Waals surface area contributed by atoms with Crippen molar-refractivity contribution in [1.82, 2.24) is 0 Å². The summed E-state index contributed by atoms with van der Waals surface area (Å²) < 4.78 is 35.7. The van der Waals surface area contributed by atoms with Crippen LogP contribution in [-0.2, 0) is 30.5 Å². The molecule has 0 amide bonds. The summed E-state index contributed by atoms with van der Waals surface area (Å²) in [6.45, 7) is 45.1. The van der Waals surface area contributed by atoms with Gasteiger partial charge in [0.2, 0.25) is 0 Å². The number of quaternary nitrogens is 3. The van der Waals surface area contributed by atoms with Crippen molar-refractivity contribution in [2.24, 2.45) is 0 Å². The van der Waals surface area contributed by atoms with Crippen molar-refractivity contribution in [2.45, 2.75) is 250 Å². The van der Waals surface area contributed by atoms with Crippen LogP contribution in [0.4, 0.5) is 0 Å². The first-order chi connectivity index (χ1) is 34.3. The fraction of sp³-hybridized carbons (Fsp3) is 0.881. The zero-order valence-corrected chi connectivity index (χ0v) is 51.9. The van der Waals surface area contributed by atoms with Crippen LogP contribution in [0.2, 0.25) is 0 Å². The fourth-order valence-corrected chi connectivity index (χ4v) is 11.1. The van der Waals surface area contributed by atoms with Gasteiger partial charge in [-0.1, -0.05) is 166 Å². The molecule has 430 valence electrons. The van der Waals surface area contributed by atoms with E-state index in [2.05, 4.69) is 92.1 Å². The summed E-state index contributed by atoms with van der Waals surface area (Å²) in [7, 11) is -6.37. The number of carbonyl (C=O) groups excluding carboxylic acids is 1. The van der Waals surface area contributed by atoms with Gasteiger partial charge in [-0.3, -0.25) is 0 Å². The summed E-state index contributed by atoms with van der Waals surface area (Å²) in [6.07, 6.45) is 32.1. The molecule has 13 heteroatoms. The Labute approximate surface area is 447 Å². The number of carboxylic acid groups (broad SMARTS) is 1. The molecule has 0 aliphatic heterocycles. The third-order valence-electron chi connectivity index (χ3n) is 14.4. The second kappa shape index (κ2) is 47.1. The maximum atomic E-state index is 11.4. The van der Waals surface area contributed by atoms with E-state index in [0.29, 0.717) is 0 Å². The van der Waals surface area contributed by atoms with E-state index in [-0.39, 0.29) is 16.7 Å². The molecule has 0 N–H and O–H groups in total. The standard InChI is InChI=1S/3C16H36N.C11H16O8P2/c3*1-5-9-13-17(14-10-6-2,15-11-7-3)16-12-8-4;1-18-20(14,15)6-8-3-9(7-21(16,17)19-2)5-10(4-8)11(12)13/h3*5-16H2,1-4H3;3-5H,6-7H2,1-2H3,(H,12,13)(H,14,15)(H,16,17)/q3*+1;/p-3. The van der Waals surface area contributed by atoms with Crippen molar-refractivity contribution in [2.75, 3.05) is 92.8 Å². The van der Waals surface area contributed by atoms with Gasteiger partial charge in [0, 0.05) is 26.5 Å². The van der Waals surface area contributed by atoms with Crippen molar-refractivity contribution in [3.05, 3.63) is 34.9 Å². The molecule has 0 radical (unpaired) electrons. The van der Waals surface area contributed by atoms with Crippen molar-refractivity contribution in [1.29, 1.82) is 0 Å². The van der Waals surface area contributed by atoms with Gasteiger partial charge >= 0.3 is 0 Å². The molecule has 0 heterocycles. The molecule has 0 fully saturated rings. The Morgan fingerprint density at radius 3 is 0.667 bits per heavy atom. The minimum Gasteiger partial charge on any atom is -0.778 e. The Bertz CT molecular complexity index is 1260. The number of nitrogens with zero attached hydrogens (tertiary/aromatic N) is 3. The molecule has 1 aromatic carbocycles. The van der Waals surface area contributed by atoms with Gasteiger partial charge in [-0.15, -0.1) is 0 Å². The smallest absolute Gasteiger partial charge is 0.139 e. The molecule has 0 aliphatic carbocycles. The van der Waals surface area contributed by atoms with Crippen LogP contribution >= 0.6 is 15.2 Å². The third-order valence-corrected chi connectivity index (χ3v) is 17.0. The Morgan fingerprint density at radius 2 is 0.542 bits per heavy atom. The molecular formula is C59H121N3O8P2. The van der Waals surface area contributed by atoms with Crippen LogP contribution in [0.3, 0.4) is 0 Å². The lowest BCUT2D eigenvalue weighted by molar-refractivity contribution is -0.929. The van der Waals surface area contributed by atoms with Crippen molar-refractivity contribution >= 4 is 21.2 Å². The van der Waals surface area contributed by atoms with E-state index in [4.69, 9.17) is 0 Å². The summed E-state index contributed by atoms with van der Waals surface area (Å²) >= 11 is 0. The zero-order chi connectivity index (χ0) is 55.2. The van der Waals surface area contributed by atoms with Crippen molar-refractivity contribution < 1.29 is 51.3 Å². The lowest BCUT2D eigenvalue weighted by atomic mass is 10.1. The quantitative estimate of drug-likeness (QED) is 0.0465. The summed E-state index contributed by atoms with van der Waals surface area (Å²) in [5, 5.41) is 10.9. The highest BCUT2D eigenvalue weighted by molar-refractivity contribution is 7.50. The van der Waals surface area contributed by atoms with Gasteiger partial charge in [-0.25, -0.2) is 0 Å². The summed E-state index contributed by atoms with van der Waals surface area (Å²) in [5.74, 6) is -1.55. The highest BCUT2D eigenvalue weighted by Crippen LogP contribution is 2.43. The summed E-state index contributed by atoms with van der Waals surface area (Å²) in [5.41, 5.74) is -0.152. The van der Waals surface area contributed by atoms with Crippen LogP contribution in [0.1, 0.15) is 259 Å². The van der Waals surface area contributed by atoms with Gasteiger partial charge in [-0.2, -0.15) is 0 Å². The highest BCUT2D eigenvalue weighted by atomic mass is 31.2. The van der Waals surface area contributed by atoms with E-state index in [1.165, 1.54) is 252 Å². The first kappa shape index (κ1) is 75.1. The van der Waals surface area contributed by atoms with Gasteiger partial charge in [0.15, 0.2) is 0 Å². The van der Waals surface area contributed by atoms with Gasteiger partial charge in [0.25, 0.3) is 0 Å². The topological polar surface area (TPSA) is 139 Å². The van der Waals surface area contributed by atoms with Crippen molar-refractivity contribution in [3.63, 3.8) is 0 Å². The van der Waals surface area contributed by atoms with Gasteiger partial charge < -0.3 is 51.3 Å². The number of aromatic carboxylic acids is 1. The molecule has 0 saturated heterocycles. The van der Waals surface area contributed by atoms with Gasteiger partial charge in [0.05, 0.1) is 84.5 Å².